The molecule has 0 unspecified atom stereocenters. The highest BCUT2D eigenvalue weighted by molar-refractivity contribution is 4.40. The van der Waals surface area contributed by atoms with Gasteiger partial charge in [0.2, 0.25) is 0 Å². The zero-order chi connectivity index (χ0) is 5.33. The first-order valence-corrected chi connectivity index (χ1v) is 2.55. The summed E-state index contributed by atoms with van der Waals surface area (Å²) >= 11 is 0. The highest BCUT2D eigenvalue weighted by Crippen LogP contribution is 1.86. The van der Waals surface area contributed by atoms with E-state index in [1.807, 2.05) is 0 Å². The number of nitrogens with one attached hydrogen (secondary N) is 2. The van der Waals surface area contributed by atoms with Gasteiger partial charge in [0.25, 0.3) is 0 Å². The van der Waals surface area contributed by atoms with E-state index in [0.29, 0.717) is 0 Å². The average Bonchev–Trinajstić information content (AvgIpc) is 1.84. The molecule has 1 saturated heterocycles. The van der Waals surface area contributed by atoms with Crippen molar-refractivity contribution in [3.8, 4) is 0 Å². The summed E-state index contributed by atoms with van der Waals surface area (Å²) < 4.78 is 0.750. The van der Waals surface area contributed by atoms with Crippen LogP contribution in [0, 0.1) is 0 Å². The van der Waals surface area contributed by atoms with Gasteiger partial charge in [0.1, 0.15) is 14.1 Å². The topological polar surface area (TPSA) is 24.1 Å². The van der Waals surface area contributed by atoms with Gasteiger partial charge in [-0.05, 0) is 0 Å². The minimum absolute atomic E-state index is 0.750. The monoisotopic (exact) mass is 102 g/mol. The van der Waals surface area contributed by atoms with Crippen LogP contribution in [0.3, 0.4) is 0 Å². The van der Waals surface area contributed by atoms with Crippen LogP contribution in [-0.2, 0) is 0 Å². The first-order valence-electron chi connectivity index (χ1n) is 2.55. The maximum absolute atomic E-state index is 3.22. The molecule has 0 aromatic carbocycles. The lowest BCUT2D eigenvalue weighted by Crippen LogP contribution is -2.52. The molecular formula is C4H12N3+. The second kappa shape index (κ2) is 1.43. The van der Waals surface area contributed by atoms with Crippen molar-refractivity contribution in [3.63, 3.8) is 0 Å². The molecule has 0 radical (unpaired) electrons. The minimum atomic E-state index is 0.750. The van der Waals surface area contributed by atoms with Crippen molar-refractivity contribution in [2.45, 2.75) is 0 Å². The van der Waals surface area contributed by atoms with E-state index in [1.165, 1.54) is 0 Å². The first kappa shape index (κ1) is 5.03. The summed E-state index contributed by atoms with van der Waals surface area (Å²) in [4.78, 5) is 0. The van der Waals surface area contributed by atoms with Crippen molar-refractivity contribution in [1.29, 1.82) is 0 Å². The van der Waals surface area contributed by atoms with Crippen LogP contribution in [0.2, 0.25) is 0 Å². The maximum Gasteiger partial charge on any atom is 0.104 e. The molecule has 7 heavy (non-hydrogen) atoms. The van der Waals surface area contributed by atoms with Crippen LogP contribution in [0.4, 0.5) is 0 Å². The van der Waals surface area contributed by atoms with Crippen LogP contribution >= 0.6 is 0 Å². The van der Waals surface area contributed by atoms with Crippen LogP contribution in [-0.4, -0.2) is 31.9 Å². The second-order valence-corrected chi connectivity index (χ2v) is 2.27. The normalized spacial score (nSPS) is 28.3. The van der Waals surface area contributed by atoms with Crippen molar-refractivity contribution < 1.29 is 4.70 Å². The predicted molar refractivity (Wildman–Crippen MR) is 28.1 cm³/mol. The van der Waals surface area contributed by atoms with Gasteiger partial charge in [0, 0.05) is 0 Å². The lowest BCUT2D eigenvalue weighted by atomic mass is 10.7. The van der Waals surface area contributed by atoms with E-state index < -0.39 is 0 Å². The van der Waals surface area contributed by atoms with Gasteiger partial charge in [0.15, 0.2) is 0 Å². The molecule has 0 saturated carbocycles. The SMILES string of the molecule is C[N+]1(C)NCCN1. The molecule has 1 heterocycles. The standard InChI is InChI=1S/C4H12N3/c1-7(2)5-3-4-6-7/h5-6H,3-4H2,1-2H3/q+1. The van der Waals surface area contributed by atoms with Crippen LogP contribution in [0.25, 0.3) is 0 Å². The van der Waals surface area contributed by atoms with Crippen molar-refractivity contribution in [3.05, 3.63) is 0 Å². The highest BCUT2D eigenvalue weighted by Gasteiger charge is 2.18. The van der Waals surface area contributed by atoms with E-state index in [2.05, 4.69) is 24.9 Å². The zero-order valence-electron chi connectivity index (χ0n) is 4.86. The zero-order valence-corrected chi connectivity index (χ0v) is 4.86. The Hall–Kier alpha value is -0.120. The maximum atomic E-state index is 3.22. The first-order chi connectivity index (χ1) is 3.21. The Bertz CT molecular complexity index is 61.3. The summed E-state index contributed by atoms with van der Waals surface area (Å²) in [5.41, 5.74) is 6.44. The number of hydrogen-bond donors (Lipinski definition) is 2. The second-order valence-electron chi connectivity index (χ2n) is 2.27. The van der Waals surface area contributed by atoms with Crippen molar-refractivity contribution in [2.24, 2.45) is 0 Å². The van der Waals surface area contributed by atoms with E-state index >= 15 is 0 Å². The quantitative estimate of drug-likeness (QED) is 0.387. The van der Waals surface area contributed by atoms with Gasteiger partial charge in [-0.15, -0.1) is 10.9 Å². The highest BCUT2D eigenvalue weighted by atomic mass is 15.9. The third-order valence-electron chi connectivity index (χ3n) is 1.14. The summed E-state index contributed by atoms with van der Waals surface area (Å²) in [5, 5.41) is 0. The molecule has 1 rings (SSSR count). The van der Waals surface area contributed by atoms with Gasteiger partial charge in [-0.3, -0.25) is 0 Å². The van der Waals surface area contributed by atoms with Crippen LogP contribution in [0.1, 0.15) is 0 Å². The molecule has 1 aliphatic heterocycles. The molecule has 2 N–H and O–H groups in total. The lowest BCUT2D eigenvalue weighted by Gasteiger charge is -2.19. The smallest absolute Gasteiger partial charge is 0.104 e. The van der Waals surface area contributed by atoms with Crippen LogP contribution < -0.4 is 10.9 Å². The molecule has 0 atom stereocenters. The Balaban J connectivity index is 2.40. The fraction of sp³-hybridized carbons (Fsp3) is 1.00. The molecule has 0 spiro atoms. The Morgan fingerprint density at radius 1 is 1.14 bits per heavy atom. The number of quaternary nitrogens is 1. The molecule has 0 amide bonds. The van der Waals surface area contributed by atoms with E-state index in [9.17, 15) is 0 Å². The van der Waals surface area contributed by atoms with Crippen molar-refractivity contribution in [1.82, 2.24) is 10.9 Å². The molecule has 0 aromatic rings. The molecule has 3 nitrogen and oxygen atoms in total. The number of rotatable bonds is 0. The minimum Gasteiger partial charge on any atom is -0.176 e. The van der Waals surface area contributed by atoms with E-state index in [1.54, 1.807) is 0 Å². The summed E-state index contributed by atoms with van der Waals surface area (Å²) in [6.07, 6.45) is 0. The molecule has 0 bridgehead atoms. The Morgan fingerprint density at radius 2 is 1.57 bits per heavy atom. The van der Waals surface area contributed by atoms with Gasteiger partial charge >= 0.3 is 0 Å². The van der Waals surface area contributed by atoms with E-state index in [0.717, 1.165) is 17.8 Å². The van der Waals surface area contributed by atoms with Gasteiger partial charge in [-0.2, -0.15) is 4.70 Å². The van der Waals surface area contributed by atoms with E-state index in [-0.39, 0.29) is 0 Å². The van der Waals surface area contributed by atoms with Crippen molar-refractivity contribution in [2.75, 3.05) is 27.2 Å². The fourth-order valence-corrected chi connectivity index (χ4v) is 0.727. The van der Waals surface area contributed by atoms with Gasteiger partial charge in [-0.25, -0.2) is 0 Å². The molecule has 1 aliphatic rings. The van der Waals surface area contributed by atoms with Gasteiger partial charge in [-0.1, -0.05) is 0 Å². The predicted octanol–water partition coefficient (Wildman–Crippen LogP) is -0.914. The third kappa shape index (κ3) is 1.12. The fourth-order valence-electron chi connectivity index (χ4n) is 0.727. The Kier molecular flexibility index (Phi) is 1.03. The van der Waals surface area contributed by atoms with Crippen LogP contribution in [0.15, 0.2) is 0 Å². The molecule has 1 fully saturated rings. The summed E-state index contributed by atoms with van der Waals surface area (Å²) in [6, 6.07) is 0. The average molecular weight is 102 g/mol. The van der Waals surface area contributed by atoms with Gasteiger partial charge < -0.3 is 0 Å². The molecule has 3 heteroatoms. The summed E-state index contributed by atoms with van der Waals surface area (Å²) in [7, 11) is 4.15. The largest absolute Gasteiger partial charge is 0.176 e. The number of hydrogen-bond acceptors (Lipinski definition) is 2. The van der Waals surface area contributed by atoms with Crippen molar-refractivity contribution >= 4 is 0 Å². The number of nitrogens with zero attached hydrogens (tertiary/aromatic N) is 1. The summed E-state index contributed by atoms with van der Waals surface area (Å²) in [6.45, 7) is 2.15. The Morgan fingerprint density at radius 3 is 1.71 bits per heavy atom. The lowest BCUT2D eigenvalue weighted by molar-refractivity contribution is -0.961. The Labute approximate surface area is 43.8 Å². The molecule has 0 aliphatic carbocycles. The summed E-state index contributed by atoms with van der Waals surface area (Å²) in [5.74, 6) is 0. The van der Waals surface area contributed by atoms with Gasteiger partial charge in [0.05, 0.1) is 13.1 Å². The van der Waals surface area contributed by atoms with E-state index in [4.69, 9.17) is 0 Å². The molecule has 42 valence electrons. The van der Waals surface area contributed by atoms with Crippen LogP contribution in [0.5, 0.6) is 0 Å². The molecule has 0 aromatic heterocycles. The third-order valence-corrected chi connectivity index (χ3v) is 1.14. The molecular weight excluding hydrogens is 90.1 g/mol.